The van der Waals surface area contributed by atoms with Gasteiger partial charge in [0, 0.05) is 46.4 Å². The molecular weight excluding hydrogens is 502 g/mol. The van der Waals surface area contributed by atoms with E-state index in [9.17, 15) is 20.0 Å². The van der Waals surface area contributed by atoms with Crippen LogP contribution in [0.25, 0.3) is 21.3 Å². The molecule has 4 atom stereocenters. The normalized spacial score (nSPS) is 27.9. The fourth-order valence-electron chi connectivity index (χ4n) is 6.22. The smallest absolute Gasteiger partial charge is 0.233 e. The second-order valence-corrected chi connectivity index (χ2v) is 12.1. The molecule has 10 heteroatoms. The summed E-state index contributed by atoms with van der Waals surface area (Å²) in [4.78, 5) is 34.3. The van der Waals surface area contributed by atoms with E-state index in [1.165, 1.54) is 16.2 Å². The number of thiophene rings is 1. The minimum Gasteiger partial charge on any atom is -0.489 e. The summed E-state index contributed by atoms with van der Waals surface area (Å²) in [5.41, 5.74) is 3.74. The number of carbonyl (C=O) groups is 2. The van der Waals surface area contributed by atoms with Crippen molar-refractivity contribution < 1.29 is 19.4 Å². The minimum atomic E-state index is -0.340. The predicted octanol–water partition coefficient (Wildman–Crippen LogP) is 2.65. The minimum absolute atomic E-state index is 0.0609. The number of fused-ring (bicyclic) bond motifs is 3. The molecule has 3 aliphatic heterocycles. The summed E-state index contributed by atoms with van der Waals surface area (Å²) in [6.45, 7) is 4.32. The number of nitriles is 1. The number of aliphatic hydroxyl groups is 1. The molecule has 0 radical (unpaired) electrons. The number of amides is 2. The number of imide groups is 1. The van der Waals surface area contributed by atoms with Gasteiger partial charge in [0.15, 0.2) is 0 Å². The van der Waals surface area contributed by atoms with Crippen molar-refractivity contribution in [1.29, 1.82) is 5.26 Å². The van der Waals surface area contributed by atoms with E-state index in [1.807, 2.05) is 25.1 Å². The molecule has 3 fully saturated rings. The summed E-state index contributed by atoms with van der Waals surface area (Å²) in [6, 6.07) is 10.1. The molecule has 0 bridgehead atoms. The number of ether oxygens (including phenoxy) is 1. The van der Waals surface area contributed by atoms with Gasteiger partial charge in [-0.05, 0) is 38.0 Å². The number of pyridine rings is 1. The van der Waals surface area contributed by atoms with Gasteiger partial charge in [-0.3, -0.25) is 19.5 Å². The van der Waals surface area contributed by atoms with Crippen molar-refractivity contribution in [2.75, 3.05) is 31.2 Å². The van der Waals surface area contributed by atoms with Gasteiger partial charge in [-0.15, -0.1) is 11.3 Å². The molecule has 2 unspecified atom stereocenters. The second-order valence-electron chi connectivity index (χ2n) is 11.0. The average Bonchev–Trinajstić information content (AvgIpc) is 3.38. The Balaban J connectivity index is 1.31. The number of likely N-dealkylation sites (tertiary alicyclic amines) is 1. The first kappa shape index (κ1) is 23.6. The molecule has 3 aromatic rings. The van der Waals surface area contributed by atoms with E-state index in [4.69, 9.17) is 4.74 Å². The molecule has 9 nitrogen and oxygen atoms in total. The molecule has 2 N–H and O–H groups in total. The number of aromatic nitrogens is 1. The lowest BCUT2D eigenvalue weighted by molar-refractivity contribution is -0.141. The van der Waals surface area contributed by atoms with E-state index in [1.54, 1.807) is 12.3 Å². The maximum Gasteiger partial charge on any atom is 0.233 e. The Morgan fingerprint density at radius 2 is 2.08 bits per heavy atom. The van der Waals surface area contributed by atoms with Gasteiger partial charge in [-0.2, -0.15) is 5.26 Å². The van der Waals surface area contributed by atoms with Gasteiger partial charge in [0.25, 0.3) is 0 Å². The number of carbonyl (C=O) groups excluding carboxylic acids is 2. The van der Waals surface area contributed by atoms with E-state index in [-0.39, 0.29) is 48.4 Å². The van der Waals surface area contributed by atoms with Crippen molar-refractivity contribution in [3.8, 4) is 22.9 Å². The van der Waals surface area contributed by atoms with Crippen LogP contribution in [0.4, 0.5) is 5.69 Å². The van der Waals surface area contributed by atoms with E-state index in [0.29, 0.717) is 30.9 Å². The summed E-state index contributed by atoms with van der Waals surface area (Å²) in [7, 11) is 0. The lowest BCUT2D eigenvalue weighted by atomic mass is 9.95. The lowest BCUT2D eigenvalue weighted by Gasteiger charge is -2.38. The van der Waals surface area contributed by atoms with Crippen molar-refractivity contribution in [2.24, 2.45) is 11.8 Å². The van der Waals surface area contributed by atoms with Crippen LogP contribution in [0, 0.1) is 23.2 Å². The number of rotatable bonds is 5. The summed E-state index contributed by atoms with van der Waals surface area (Å²) in [6.07, 6.45) is 3.24. The van der Waals surface area contributed by atoms with Gasteiger partial charge >= 0.3 is 0 Å². The van der Waals surface area contributed by atoms with Crippen molar-refractivity contribution in [3.63, 3.8) is 0 Å². The summed E-state index contributed by atoms with van der Waals surface area (Å²) in [5, 5.41) is 23.2. The molecular formula is C28H27N5O4S. The summed E-state index contributed by atoms with van der Waals surface area (Å²) >= 11 is 1.53. The van der Waals surface area contributed by atoms with Crippen LogP contribution in [0.5, 0.6) is 5.75 Å². The molecule has 194 valence electrons. The van der Waals surface area contributed by atoms with Gasteiger partial charge in [0.05, 0.1) is 59.1 Å². The Morgan fingerprint density at radius 1 is 1.26 bits per heavy atom. The highest BCUT2D eigenvalue weighted by Crippen LogP contribution is 2.49. The second kappa shape index (κ2) is 8.50. The maximum absolute atomic E-state index is 12.5. The Labute approximate surface area is 223 Å². The fraction of sp³-hybridized carbons (Fsp3) is 0.429. The van der Waals surface area contributed by atoms with Crippen LogP contribution in [-0.2, 0) is 16.1 Å². The molecule has 4 aliphatic rings. The molecule has 2 amide bonds. The van der Waals surface area contributed by atoms with Gasteiger partial charge in [0.1, 0.15) is 12.4 Å². The quantitative estimate of drug-likeness (QED) is 0.485. The third-order valence-corrected chi connectivity index (χ3v) is 9.49. The van der Waals surface area contributed by atoms with Crippen molar-refractivity contribution >= 4 is 39.1 Å². The molecule has 2 aromatic heterocycles. The Hall–Kier alpha value is -3.52. The Morgan fingerprint density at radius 3 is 2.82 bits per heavy atom. The van der Waals surface area contributed by atoms with E-state index in [2.05, 4.69) is 21.3 Å². The van der Waals surface area contributed by atoms with Crippen LogP contribution in [-0.4, -0.2) is 64.7 Å². The van der Waals surface area contributed by atoms with Gasteiger partial charge in [0.2, 0.25) is 11.8 Å². The van der Waals surface area contributed by atoms with Crippen LogP contribution in [0.3, 0.4) is 0 Å². The average molecular weight is 530 g/mol. The predicted molar refractivity (Wildman–Crippen MR) is 142 cm³/mol. The standard InChI is InChI=1S/C28H27N5O4S/c1-28(14-34)10-16(12-31-28)32-4-5-37-23-7-15(11-29)6-19(24(23)32)18-2-3-30-22-8-17(38-25(18)22)13-33-26(35)20-9-21(20)27(33)36/h2-3,6-8,16,20-21,31,34H,4-5,9-10,12-14H2,1H3/t16-,20?,21?,28+/m0/s1. The molecule has 0 spiro atoms. The van der Waals surface area contributed by atoms with Gasteiger partial charge < -0.3 is 20.1 Å². The molecule has 1 aromatic carbocycles. The first-order chi connectivity index (χ1) is 18.4. The van der Waals surface area contributed by atoms with Crippen LogP contribution in [0.15, 0.2) is 30.5 Å². The third-order valence-electron chi connectivity index (χ3n) is 8.35. The van der Waals surface area contributed by atoms with E-state index >= 15 is 0 Å². The van der Waals surface area contributed by atoms with E-state index in [0.717, 1.165) is 44.9 Å². The fourth-order valence-corrected chi connectivity index (χ4v) is 7.35. The summed E-state index contributed by atoms with van der Waals surface area (Å²) in [5.74, 6) is 0.324. The summed E-state index contributed by atoms with van der Waals surface area (Å²) < 4.78 is 7.03. The first-order valence-corrected chi connectivity index (χ1v) is 13.8. The lowest BCUT2D eigenvalue weighted by Crippen LogP contribution is -2.42. The van der Waals surface area contributed by atoms with Crippen LogP contribution in [0.1, 0.15) is 30.2 Å². The monoisotopic (exact) mass is 529 g/mol. The SMILES string of the molecule is C[C@]1(CO)C[C@H](N2CCOc3cc(C#N)cc(-c4ccnc5cc(CN6C(=O)C7CC7C6=O)sc45)c32)CN1. The van der Waals surface area contributed by atoms with Gasteiger partial charge in [-0.25, -0.2) is 0 Å². The number of aliphatic hydroxyl groups excluding tert-OH is 1. The number of nitrogens with zero attached hydrogens (tertiary/aromatic N) is 4. The van der Waals surface area contributed by atoms with Crippen LogP contribution < -0.4 is 15.0 Å². The topological polar surface area (TPSA) is 119 Å². The van der Waals surface area contributed by atoms with Crippen molar-refractivity contribution in [1.82, 2.24) is 15.2 Å². The number of hydrogen-bond acceptors (Lipinski definition) is 9. The maximum atomic E-state index is 12.5. The Kier molecular flexibility index (Phi) is 5.27. The van der Waals surface area contributed by atoms with Crippen molar-refractivity contribution in [3.05, 3.63) is 40.9 Å². The highest BCUT2D eigenvalue weighted by molar-refractivity contribution is 7.19. The van der Waals surface area contributed by atoms with E-state index < -0.39 is 0 Å². The number of hydrogen-bond donors (Lipinski definition) is 2. The first-order valence-electron chi connectivity index (χ1n) is 13.0. The molecule has 2 saturated heterocycles. The largest absolute Gasteiger partial charge is 0.489 e. The molecule has 5 heterocycles. The number of anilines is 1. The number of piperidine rings is 1. The molecule has 1 saturated carbocycles. The zero-order valence-electron chi connectivity index (χ0n) is 20.9. The number of benzene rings is 1. The highest BCUT2D eigenvalue weighted by Gasteiger charge is 2.58. The third kappa shape index (κ3) is 3.61. The number of nitrogens with one attached hydrogen (secondary N) is 1. The van der Waals surface area contributed by atoms with Crippen LogP contribution in [0.2, 0.25) is 0 Å². The molecule has 7 rings (SSSR count). The highest BCUT2D eigenvalue weighted by atomic mass is 32.1. The molecule has 1 aliphatic carbocycles. The van der Waals surface area contributed by atoms with Gasteiger partial charge in [-0.1, -0.05) is 0 Å². The zero-order valence-corrected chi connectivity index (χ0v) is 21.8. The van der Waals surface area contributed by atoms with Crippen molar-refractivity contribution in [2.45, 2.75) is 37.9 Å². The molecule has 38 heavy (non-hydrogen) atoms. The van der Waals surface area contributed by atoms with Crippen LogP contribution >= 0.6 is 11.3 Å². The Bertz CT molecular complexity index is 1530. The zero-order chi connectivity index (χ0) is 26.2.